The monoisotopic (exact) mass is 397 g/mol. The van der Waals surface area contributed by atoms with Gasteiger partial charge >= 0.3 is 0 Å². The Bertz CT molecular complexity index is 994. The van der Waals surface area contributed by atoms with Crippen LogP contribution in [-0.4, -0.2) is 48.9 Å². The molecule has 0 bridgehead atoms. The van der Waals surface area contributed by atoms with Gasteiger partial charge in [-0.15, -0.1) is 0 Å². The summed E-state index contributed by atoms with van der Waals surface area (Å²) in [4.78, 5) is 41.5. The first-order chi connectivity index (χ1) is 14.0. The largest absolute Gasteiger partial charge is 0.495 e. The normalized spacial score (nSPS) is 18.2. The lowest BCUT2D eigenvalue weighted by atomic mass is 10.1. The van der Waals surface area contributed by atoms with Gasteiger partial charge in [0.05, 0.1) is 24.0 Å². The van der Waals surface area contributed by atoms with Crippen molar-refractivity contribution in [3.63, 3.8) is 0 Å². The summed E-state index contributed by atoms with van der Waals surface area (Å²) in [7, 11) is 1.49. The summed E-state index contributed by atoms with van der Waals surface area (Å²) in [6.07, 6.45) is 1.23. The van der Waals surface area contributed by atoms with Gasteiger partial charge in [0.25, 0.3) is 5.91 Å². The van der Waals surface area contributed by atoms with E-state index >= 15 is 0 Å². The van der Waals surface area contributed by atoms with E-state index in [4.69, 9.17) is 4.74 Å². The van der Waals surface area contributed by atoms with Crippen molar-refractivity contribution in [2.45, 2.75) is 18.9 Å². The number of carbonyl (C=O) groups excluding carboxylic acids is 3. The standard InChI is InChI=1S/C21H20FN3O4/c1-29-18-7-3-2-5-15(18)23-19(26)12-25-17-11-13(22)8-9-14(17)20(27)24-10-4-6-16(24)21(25)28/h2-3,5,7-9,11,16H,4,6,10,12H2,1H3,(H,23,26). The van der Waals surface area contributed by atoms with Crippen molar-refractivity contribution in [2.75, 3.05) is 30.4 Å². The third kappa shape index (κ3) is 3.41. The van der Waals surface area contributed by atoms with Crippen LogP contribution in [0.5, 0.6) is 5.75 Å². The molecule has 2 aliphatic heterocycles. The summed E-state index contributed by atoms with van der Waals surface area (Å²) in [6.45, 7) is 0.123. The molecule has 8 heteroatoms. The van der Waals surface area contributed by atoms with E-state index in [1.807, 2.05) is 0 Å². The molecule has 2 aliphatic rings. The number of rotatable bonds is 4. The third-order valence-electron chi connectivity index (χ3n) is 5.23. The average Bonchev–Trinajstić information content (AvgIpc) is 3.19. The van der Waals surface area contributed by atoms with E-state index in [0.29, 0.717) is 30.8 Å². The van der Waals surface area contributed by atoms with Gasteiger partial charge < -0.3 is 19.9 Å². The first kappa shape index (κ1) is 18.9. The fourth-order valence-electron chi connectivity index (χ4n) is 3.87. The summed E-state index contributed by atoms with van der Waals surface area (Å²) in [6, 6.07) is 9.93. The van der Waals surface area contributed by atoms with Crippen LogP contribution in [0.3, 0.4) is 0 Å². The number of fused-ring (bicyclic) bond motifs is 2. The van der Waals surface area contributed by atoms with Crippen LogP contribution < -0.4 is 15.0 Å². The molecular weight excluding hydrogens is 377 g/mol. The van der Waals surface area contributed by atoms with E-state index in [-0.39, 0.29) is 29.6 Å². The van der Waals surface area contributed by atoms with Crippen molar-refractivity contribution in [3.8, 4) is 5.75 Å². The molecule has 3 amide bonds. The molecule has 2 aromatic carbocycles. The first-order valence-corrected chi connectivity index (χ1v) is 9.34. The van der Waals surface area contributed by atoms with Gasteiger partial charge in [-0.2, -0.15) is 0 Å². The molecule has 2 heterocycles. The highest BCUT2D eigenvalue weighted by atomic mass is 19.1. The highest BCUT2D eigenvalue weighted by Crippen LogP contribution is 2.33. The fourth-order valence-corrected chi connectivity index (χ4v) is 3.87. The fraction of sp³-hybridized carbons (Fsp3) is 0.286. The third-order valence-corrected chi connectivity index (χ3v) is 5.23. The van der Waals surface area contributed by atoms with Crippen molar-refractivity contribution >= 4 is 29.1 Å². The number of para-hydroxylation sites is 2. The minimum Gasteiger partial charge on any atom is -0.495 e. The maximum Gasteiger partial charge on any atom is 0.256 e. The van der Waals surface area contributed by atoms with Gasteiger partial charge in [0.15, 0.2) is 0 Å². The molecule has 0 spiro atoms. The number of carbonyl (C=O) groups is 3. The SMILES string of the molecule is COc1ccccc1NC(=O)CN1C(=O)C2CCCN2C(=O)c2ccc(F)cc21. The number of amides is 3. The van der Waals surface area contributed by atoms with E-state index in [2.05, 4.69) is 5.32 Å². The number of methoxy groups -OCH3 is 1. The zero-order chi connectivity index (χ0) is 20.5. The van der Waals surface area contributed by atoms with E-state index in [1.165, 1.54) is 29.0 Å². The lowest BCUT2D eigenvalue weighted by Crippen LogP contribution is -2.47. The predicted molar refractivity (Wildman–Crippen MR) is 104 cm³/mol. The van der Waals surface area contributed by atoms with Crippen LogP contribution in [0.25, 0.3) is 0 Å². The Morgan fingerprint density at radius 3 is 2.83 bits per heavy atom. The van der Waals surface area contributed by atoms with Gasteiger partial charge in [0.2, 0.25) is 11.8 Å². The molecule has 2 aromatic rings. The minimum atomic E-state index is -0.642. The molecule has 0 aromatic heterocycles. The Morgan fingerprint density at radius 1 is 1.24 bits per heavy atom. The van der Waals surface area contributed by atoms with Gasteiger partial charge in [-0.1, -0.05) is 12.1 Å². The quantitative estimate of drug-likeness (QED) is 0.860. The zero-order valence-corrected chi connectivity index (χ0v) is 15.9. The Labute approximate surface area is 167 Å². The number of benzene rings is 2. The summed E-state index contributed by atoms with van der Waals surface area (Å²) in [5, 5.41) is 2.72. The van der Waals surface area contributed by atoms with E-state index in [9.17, 15) is 18.8 Å². The van der Waals surface area contributed by atoms with Gasteiger partial charge in [-0.3, -0.25) is 14.4 Å². The van der Waals surface area contributed by atoms with Crippen molar-refractivity contribution in [3.05, 3.63) is 53.8 Å². The number of ether oxygens (including phenoxy) is 1. The Balaban J connectivity index is 1.67. The molecule has 29 heavy (non-hydrogen) atoms. The van der Waals surface area contributed by atoms with Crippen LogP contribution in [0.2, 0.25) is 0 Å². The maximum absolute atomic E-state index is 13.9. The molecule has 7 nitrogen and oxygen atoms in total. The van der Waals surface area contributed by atoms with Crippen LogP contribution in [0.15, 0.2) is 42.5 Å². The first-order valence-electron chi connectivity index (χ1n) is 9.34. The highest BCUT2D eigenvalue weighted by Gasteiger charge is 2.42. The van der Waals surface area contributed by atoms with Crippen LogP contribution in [0, 0.1) is 5.82 Å². The van der Waals surface area contributed by atoms with E-state index < -0.39 is 17.8 Å². The predicted octanol–water partition coefficient (Wildman–Crippen LogP) is 2.42. The van der Waals surface area contributed by atoms with Gasteiger partial charge in [0, 0.05) is 6.54 Å². The Kier molecular flexibility index (Phi) is 4.92. The van der Waals surface area contributed by atoms with Crippen molar-refractivity contribution in [2.24, 2.45) is 0 Å². The maximum atomic E-state index is 13.9. The number of halogens is 1. The molecule has 1 atom stereocenters. The molecule has 150 valence electrons. The van der Waals surface area contributed by atoms with Gasteiger partial charge in [-0.25, -0.2) is 4.39 Å². The van der Waals surface area contributed by atoms with Crippen molar-refractivity contribution < 1.29 is 23.5 Å². The number of anilines is 2. The smallest absolute Gasteiger partial charge is 0.256 e. The van der Waals surface area contributed by atoms with Crippen LogP contribution >= 0.6 is 0 Å². The molecule has 1 fully saturated rings. The molecule has 1 N–H and O–H groups in total. The Hall–Kier alpha value is -3.42. The minimum absolute atomic E-state index is 0.115. The second kappa shape index (κ2) is 7.54. The summed E-state index contributed by atoms with van der Waals surface area (Å²) < 4.78 is 19.2. The summed E-state index contributed by atoms with van der Waals surface area (Å²) >= 11 is 0. The van der Waals surface area contributed by atoms with Crippen LogP contribution in [0.1, 0.15) is 23.2 Å². The molecule has 0 aliphatic carbocycles. The van der Waals surface area contributed by atoms with Crippen molar-refractivity contribution in [1.82, 2.24) is 4.90 Å². The highest BCUT2D eigenvalue weighted by molar-refractivity contribution is 6.13. The number of hydrogen-bond donors (Lipinski definition) is 1. The van der Waals surface area contributed by atoms with Crippen LogP contribution in [0.4, 0.5) is 15.8 Å². The summed E-state index contributed by atoms with van der Waals surface area (Å²) in [5.74, 6) is -1.27. The van der Waals surface area contributed by atoms with Crippen LogP contribution in [-0.2, 0) is 9.59 Å². The van der Waals surface area contributed by atoms with Gasteiger partial charge in [-0.05, 0) is 43.2 Å². The molecule has 0 saturated carbocycles. The number of nitrogens with zero attached hydrogens (tertiary/aromatic N) is 2. The number of nitrogens with one attached hydrogen (secondary N) is 1. The van der Waals surface area contributed by atoms with Gasteiger partial charge in [0.1, 0.15) is 24.2 Å². The number of hydrogen-bond acceptors (Lipinski definition) is 4. The second-order valence-corrected chi connectivity index (χ2v) is 6.99. The Morgan fingerprint density at radius 2 is 2.03 bits per heavy atom. The van der Waals surface area contributed by atoms with Crippen molar-refractivity contribution in [1.29, 1.82) is 0 Å². The molecule has 1 saturated heterocycles. The van der Waals surface area contributed by atoms with E-state index in [1.54, 1.807) is 24.3 Å². The lowest BCUT2D eigenvalue weighted by molar-refractivity contribution is -0.124. The molecule has 1 unspecified atom stereocenters. The zero-order valence-electron chi connectivity index (χ0n) is 15.9. The topological polar surface area (TPSA) is 79.0 Å². The lowest BCUT2D eigenvalue weighted by Gasteiger charge is -2.25. The summed E-state index contributed by atoms with van der Waals surface area (Å²) in [5.41, 5.74) is 0.791. The molecular formula is C21H20FN3O4. The second-order valence-electron chi connectivity index (χ2n) is 6.99. The van der Waals surface area contributed by atoms with E-state index in [0.717, 1.165) is 6.07 Å². The molecule has 0 radical (unpaired) electrons. The average molecular weight is 397 g/mol. The molecule has 4 rings (SSSR count).